The zero-order chi connectivity index (χ0) is 7.40. The van der Waals surface area contributed by atoms with Gasteiger partial charge in [0.2, 0.25) is 0 Å². The lowest BCUT2D eigenvalue weighted by atomic mass is 10.4. The van der Waals surface area contributed by atoms with E-state index in [4.69, 9.17) is 5.73 Å². The molecular weight excluding hydrogens is 126 g/mol. The molecule has 1 heterocycles. The van der Waals surface area contributed by atoms with E-state index in [1.807, 2.05) is 17.2 Å². The Morgan fingerprint density at radius 3 is 3.20 bits per heavy atom. The number of aliphatic imine (C=N–C) groups is 1. The van der Waals surface area contributed by atoms with Gasteiger partial charge in [0.15, 0.2) is 6.29 Å². The molecule has 10 heavy (non-hydrogen) atoms. The number of hydrogen-bond acceptors (Lipinski definition) is 3. The Kier molecular flexibility index (Phi) is 2.23. The lowest BCUT2D eigenvalue weighted by molar-refractivity contribution is 0.315. The molecule has 0 saturated heterocycles. The van der Waals surface area contributed by atoms with E-state index in [1.165, 1.54) is 0 Å². The monoisotopic (exact) mass is 137 g/mol. The third-order valence-corrected chi connectivity index (χ3v) is 1.28. The predicted molar refractivity (Wildman–Crippen MR) is 42.5 cm³/mol. The van der Waals surface area contributed by atoms with Gasteiger partial charge in [-0.1, -0.05) is 6.08 Å². The molecule has 0 amide bonds. The van der Waals surface area contributed by atoms with Crippen molar-refractivity contribution in [3.63, 3.8) is 0 Å². The summed E-state index contributed by atoms with van der Waals surface area (Å²) in [5.41, 5.74) is 5.59. The maximum Gasteiger partial charge on any atom is 0.173 e. The lowest BCUT2D eigenvalue weighted by Crippen LogP contribution is -2.38. The van der Waals surface area contributed by atoms with Gasteiger partial charge in [-0.05, 0) is 6.08 Å². The van der Waals surface area contributed by atoms with Crippen molar-refractivity contribution in [1.29, 1.82) is 0 Å². The van der Waals surface area contributed by atoms with Crippen LogP contribution in [0.2, 0.25) is 0 Å². The van der Waals surface area contributed by atoms with Gasteiger partial charge in [-0.15, -0.1) is 6.58 Å². The summed E-state index contributed by atoms with van der Waals surface area (Å²) in [6, 6.07) is 0. The third-order valence-electron chi connectivity index (χ3n) is 1.28. The molecule has 0 radical (unpaired) electrons. The molecule has 3 nitrogen and oxygen atoms in total. The number of nitrogens with two attached hydrogens (primary N) is 1. The quantitative estimate of drug-likeness (QED) is 0.557. The van der Waals surface area contributed by atoms with Gasteiger partial charge in [-0.25, -0.2) is 0 Å². The highest BCUT2D eigenvalue weighted by atomic mass is 15.3. The van der Waals surface area contributed by atoms with Crippen molar-refractivity contribution in [1.82, 2.24) is 4.90 Å². The number of nitrogens with zero attached hydrogens (tertiary/aromatic N) is 2. The highest BCUT2D eigenvalue weighted by Crippen LogP contribution is 1.99. The molecule has 0 aromatic carbocycles. The van der Waals surface area contributed by atoms with Crippen LogP contribution < -0.4 is 5.73 Å². The van der Waals surface area contributed by atoms with Crippen LogP contribution >= 0.6 is 0 Å². The zero-order valence-corrected chi connectivity index (χ0v) is 5.77. The summed E-state index contributed by atoms with van der Waals surface area (Å²) < 4.78 is 0. The van der Waals surface area contributed by atoms with Crippen LogP contribution in [0.3, 0.4) is 0 Å². The van der Waals surface area contributed by atoms with E-state index in [0.29, 0.717) is 0 Å². The molecule has 0 fully saturated rings. The Bertz CT molecular complexity index is 172. The van der Waals surface area contributed by atoms with Crippen LogP contribution in [0.15, 0.2) is 29.9 Å². The molecule has 2 N–H and O–H groups in total. The molecule has 1 unspecified atom stereocenters. The van der Waals surface area contributed by atoms with Gasteiger partial charge >= 0.3 is 0 Å². The average molecular weight is 137 g/mol. The molecule has 0 aromatic heterocycles. The second-order valence-corrected chi connectivity index (χ2v) is 2.04. The van der Waals surface area contributed by atoms with E-state index >= 15 is 0 Å². The molecule has 0 aliphatic carbocycles. The summed E-state index contributed by atoms with van der Waals surface area (Å²) >= 11 is 0. The fraction of sp³-hybridized carbons (Fsp3) is 0.286. The van der Waals surface area contributed by atoms with Crippen molar-refractivity contribution >= 4 is 6.21 Å². The first kappa shape index (κ1) is 7.02. The number of rotatable bonds is 2. The maximum absolute atomic E-state index is 5.59. The smallest absolute Gasteiger partial charge is 0.173 e. The summed E-state index contributed by atoms with van der Waals surface area (Å²) in [4.78, 5) is 5.87. The van der Waals surface area contributed by atoms with Gasteiger partial charge in [0.1, 0.15) is 0 Å². The van der Waals surface area contributed by atoms with Crippen LogP contribution in [0.4, 0.5) is 0 Å². The molecule has 1 atom stereocenters. The first-order valence-corrected chi connectivity index (χ1v) is 3.17. The fourth-order valence-electron chi connectivity index (χ4n) is 0.779. The van der Waals surface area contributed by atoms with Gasteiger partial charge in [-0.3, -0.25) is 10.7 Å². The van der Waals surface area contributed by atoms with Crippen molar-refractivity contribution in [2.45, 2.75) is 6.29 Å². The predicted octanol–water partition coefficient (Wildman–Crippen LogP) is 0.315. The summed E-state index contributed by atoms with van der Waals surface area (Å²) in [5.74, 6) is 0. The van der Waals surface area contributed by atoms with Crippen LogP contribution in [0.5, 0.6) is 0 Å². The van der Waals surface area contributed by atoms with Crippen molar-refractivity contribution < 1.29 is 0 Å². The molecule has 3 heteroatoms. The second-order valence-electron chi connectivity index (χ2n) is 2.04. The van der Waals surface area contributed by atoms with Crippen LogP contribution in [0.25, 0.3) is 0 Å². The van der Waals surface area contributed by atoms with Gasteiger partial charge in [0.25, 0.3) is 0 Å². The van der Waals surface area contributed by atoms with E-state index in [0.717, 1.165) is 6.54 Å². The topological polar surface area (TPSA) is 41.6 Å². The summed E-state index contributed by atoms with van der Waals surface area (Å²) in [7, 11) is 0. The van der Waals surface area contributed by atoms with E-state index in [2.05, 4.69) is 11.6 Å². The largest absolute Gasteiger partial charge is 0.340 e. The lowest BCUT2D eigenvalue weighted by Gasteiger charge is -2.24. The maximum atomic E-state index is 5.59. The second kappa shape index (κ2) is 3.17. The molecule has 0 aromatic rings. The molecular formula is C7H11N3. The number of allylic oxidation sites excluding steroid dienone is 1. The first-order chi connectivity index (χ1) is 4.84. The van der Waals surface area contributed by atoms with Crippen molar-refractivity contribution in [3.05, 3.63) is 24.9 Å². The minimum Gasteiger partial charge on any atom is -0.340 e. The third kappa shape index (κ3) is 1.45. The molecule has 54 valence electrons. The summed E-state index contributed by atoms with van der Waals surface area (Å²) in [6.07, 6.45) is 7.02. The summed E-state index contributed by atoms with van der Waals surface area (Å²) in [6.45, 7) is 4.35. The first-order valence-electron chi connectivity index (χ1n) is 3.17. The Labute approximate surface area is 60.5 Å². The SMILES string of the molecule is C=CCN1C=CC=NC1N. The molecule has 0 spiro atoms. The Hall–Kier alpha value is -1.09. The molecule has 1 aliphatic heterocycles. The van der Waals surface area contributed by atoms with E-state index in [-0.39, 0.29) is 6.29 Å². The van der Waals surface area contributed by atoms with Crippen LogP contribution in [-0.2, 0) is 0 Å². The molecule has 0 bridgehead atoms. The van der Waals surface area contributed by atoms with Gasteiger partial charge in [0.05, 0.1) is 0 Å². The minimum absolute atomic E-state index is 0.233. The van der Waals surface area contributed by atoms with Crippen molar-refractivity contribution in [3.8, 4) is 0 Å². The summed E-state index contributed by atoms with van der Waals surface area (Å²) in [5, 5.41) is 0. The van der Waals surface area contributed by atoms with Crippen LogP contribution in [0, 0.1) is 0 Å². The van der Waals surface area contributed by atoms with E-state index in [1.54, 1.807) is 12.3 Å². The number of hydrogen-bond donors (Lipinski definition) is 1. The van der Waals surface area contributed by atoms with Gasteiger partial charge in [0, 0.05) is 19.0 Å². The van der Waals surface area contributed by atoms with Crippen LogP contribution in [0.1, 0.15) is 0 Å². The van der Waals surface area contributed by atoms with E-state index < -0.39 is 0 Å². The Morgan fingerprint density at radius 1 is 1.80 bits per heavy atom. The van der Waals surface area contributed by atoms with Crippen molar-refractivity contribution in [2.24, 2.45) is 10.7 Å². The normalized spacial score (nSPS) is 23.3. The highest BCUT2D eigenvalue weighted by molar-refractivity contribution is 5.71. The Morgan fingerprint density at radius 2 is 2.60 bits per heavy atom. The van der Waals surface area contributed by atoms with Gasteiger partial charge < -0.3 is 4.90 Å². The Balaban J connectivity index is 2.52. The zero-order valence-electron chi connectivity index (χ0n) is 5.77. The van der Waals surface area contributed by atoms with E-state index in [9.17, 15) is 0 Å². The van der Waals surface area contributed by atoms with Gasteiger partial charge in [-0.2, -0.15) is 0 Å². The fourth-order valence-corrected chi connectivity index (χ4v) is 0.779. The average Bonchev–Trinajstić information content (AvgIpc) is 1.94. The highest BCUT2D eigenvalue weighted by Gasteiger charge is 2.06. The van der Waals surface area contributed by atoms with Crippen LogP contribution in [-0.4, -0.2) is 23.9 Å². The molecule has 1 rings (SSSR count). The molecule has 1 aliphatic rings. The minimum atomic E-state index is -0.233. The molecule has 0 saturated carbocycles. The standard InChI is InChI=1S/C7H11N3/c1-2-5-10-6-3-4-9-7(10)8/h2-4,6-7H,1,5,8H2. The van der Waals surface area contributed by atoms with Crippen molar-refractivity contribution in [2.75, 3.05) is 6.54 Å².